The summed E-state index contributed by atoms with van der Waals surface area (Å²) in [6, 6.07) is 9.44. The number of aliphatic carboxylic acids is 1. The molecule has 0 radical (unpaired) electrons. The van der Waals surface area contributed by atoms with Crippen LogP contribution in [-0.2, 0) is 14.6 Å². The van der Waals surface area contributed by atoms with Crippen LogP contribution in [0.4, 0.5) is 0 Å². The minimum Gasteiger partial charge on any atom is -0.480 e. The molecule has 0 spiro atoms. The van der Waals surface area contributed by atoms with Crippen molar-refractivity contribution in [2.45, 2.75) is 24.0 Å². The van der Waals surface area contributed by atoms with Crippen LogP contribution in [0.5, 0.6) is 0 Å². The van der Waals surface area contributed by atoms with Gasteiger partial charge in [-0.3, -0.25) is 4.79 Å². The van der Waals surface area contributed by atoms with E-state index in [2.05, 4.69) is 0 Å². The summed E-state index contributed by atoms with van der Waals surface area (Å²) in [5.41, 5.74) is 0. The summed E-state index contributed by atoms with van der Waals surface area (Å²) < 4.78 is 24.0. The number of carboxylic acids is 1. The molecule has 0 aliphatic carbocycles. The van der Waals surface area contributed by atoms with E-state index in [1.807, 2.05) is 30.3 Å². The predicted molar refractivity (Wildman–Crippen MR) is 77.2 cm³/mol. The first kappa shape index (κ1) is 16.0. The van der Waals surface area contributed by atoms with Gasteiger partial charge in [-0.25, -0.2) is 8.42 Å². The highest BCUT2D eigenvalue weighted by Gasteiger charge is 2.34. The largest absolute Gasteiger partial charge is 0.480 e. The fourth-order valence-electron chi connectivity index (χ4n) is 1.77. The minimum absolute atomic E-state index is 0.123. The van der Waals surface area contributed by atoms with Crippen molar-refractivity contribution in [1.82, 2.24) is 0 Å². The summed E-state index contributed by atoms with van der Waals surface area (Å²) in [4.78, 5) is 12.0. The van der Waals surface area contributed by atoms with Crippen molar-refractivity contribution in [2.75, 3.05) is 11.5 Å². The highest BCUT2D eigenvalue weighted by Crippen LogP contribution is 2.20. The fourth-order valence-corrected chi connectivity index (χ4v) is 5.01. The van der Waals surface area contributed by atoms with Crippen molar-refractivity contribution in [1.29, 1.82) is 0 Å². The van der Waals surface area contributed by atoms with E-state index in [0.29, 0.717) is 5.75 Å². The van der Waals surface area contributed by atoms with E-state index in [0.717, 1.165) is 4.90 Å². The predicted octanol–water partition coefficient (Wildman–Crippen LogP) is 2.30. The van der Waals surface area contributed by atoms with Crippen molar-refractivity contribution < 1.29 is 18.3 Å². The molecule has 1 atom stereocenters. The third-order valence-electron chi connectivity index (χ3n) is 2.62. The van der Waals surface area contributed by atoms with Gasteiger partial charge in [-0.1, -0.05) is 32.0 Å². The van der Waals surface area contributed by atoms with E-state index in [-0.39, 0.29) is 5.75 Å². The average Bonchev–Trinajstić information content (AvgIpc) is 2.28. The maximum atomic E-state index is 12.0. The van der Waals surface area contributed by atoms with Crippen molar-refractivity contribution in [3.63, 3.8) is 0 Å². The average molecular weight is 302 g/mol. The molecule has 0 amide bonds. The van der Waals surface area contributed by atoms with Crippen molar-refractivity contribution in [2.24, 2.45) is 5.92 Å². The Balaban J connectivity index is 2.62. The molecule has 0 bridgehead atoms. The van der Waals surface area contributed by atoms with Crippen LogP contribution in [0.1, 0.15) is 13.8 Å². The monoisotopic (exact) mass is 302 g/mol. The topological polar surface area (TPSA) is 71.4 Å². The van der Waals surface area contributed by atoms with Gasteiger partial charge in [-0.05, 0) is 18.1 Å². The molecule has 0 heterocycles. The van der Waals surface area contributed by atoms with Crippen LogP contribution >= 0.6 is 11.8 Å². The molecular weight excluding hydrogens is 284 g/mol. The smallest absolute Gasteiger partial charge is 0.322 e. The van der Waals surface area contributed by atoms with E-state index in [9.17, 15) is 13.2 Å². The Labute approximate surface area is 118 Å². The maximum absolute atomic E-state index is 12.0. The van der Waals surface area contributed by atoms with Gasteiger partial charge < -0.3 is 5.11 Å². The normalized spacial score (nSPS) is 13.4. The summed E-state index contributed by atoms with van der Waals surface area (Å²) in [7, 11) is -3.61. The van der Waals surface area contributed by atoms with Crippen LogP contribution in [0.15, 0.2) is 35.2 Å². The van der Waals surface area contributed by atoms with E-state index < -0.39 is 27.0 Å². The molecule has 106 valence electrons. The van der Waals surface area contributed by atoms with Gasteiger partial charge in [0.05, 0.1) is 5.75 Å². The third kappa shape index (κ3) is 4.87. The Morgan fingerprint density at radius 3 is 2.32 bits per heavy atom. The van der Waals surface area contributed by atoms with E-state index in [4.69, 9.17) is 5.11 Å². The maximum Gasteiger partial charge on any atom is 0.322 e. The standard InChI is InChI=1S/C13H18O4S2/c1-10(2)12(13(14)15)19(16,17)9-8-18-11-6-4-3-5-7-11/h3-7,10,12H,8-9H2,1-2H3,(H,14,15). The Morgan fingerprint density at radius 1 is 1.26 bits per heavy atom. The molecule has 1 unspecified atom stereocenters. The first-order valence-corrected chi connectivity index (χ1v) is 8.67. The number of carbonyl (C=O) groups is 1. The molecule has 4 nitrogen and oxygen atoms in total. The number of rotatable bonds is 7. The zero-order valence-electron chi connectivity index (χ0n) is 10.9. The van der Waals surface area contributed by atoms with Gasteiger partial charge in [0.15, 0.2) is 15.1 Å². The Bertz CT molecular complexity index is 509. The SMILES string of the molecule is CC(C)C(C(=O)O)S(=O)(=O)CCSc1ccccc1. The lowest BCUT2D eigenvalue weighted by molar-refractivity contribution is -0.137. The van der Waals surface area contributed by atoms with Gasteiger partial charge >= 0.3 is 5.97 Å². The lowest BCUT2D eigenvalue weighted by Gasteiger charge is -2.16. The Morgan fingerprint density at radius 2 is 1.84 bits per heavy atom. The molecule has 1 N–H and O–H groups in total. The number of thioether (sulfide) groups is 1. The highest BCUT2D eigenvalue weighted by atomic mass is 32.2. The molecular formula is C13H18O4S2. The zero-order chi connectivity index (χ0) is 14.5. The minimum atomic E-state index is -3.61. The Kier molecular flexibility index (Phi) is 5.87. The van der Waals surface area contributed by atoms with Crippen LogP contribution < -0.4 is 0 Å². The molecule has 0 aromatic heterocycles. The van der Waals surface area contributed by atoms with Crippen LogP contribution in [0.25, 0.3) is 0 Å². The van der Waals surface area contributed by atoms with E-state index in [1.165, 1.54) is 11.8 Å². The zero-order valence-corrected chi connectivity index (χ0v) is 12.6. The second kappa shape index (κ2) is 6.96. The molecule has 1 aromatic rings. The number of benzene rings is 1. The quantitative estimate of drug-likeness (QED) is 0.783. The van der Waals surface area contributed by atoms with Gasteiger partial charge in [-0.15, -0.1) is 11.8 Å². The molecule has 0 aliphatic heterocycles. The fraction of sp³-hybridized carbons (Fsp3) is 0.462. The second-order valence-electron chi connectivity index (χ2n) is 4.53. The lowest BCUT2D eigenvalue weighted by atomic mass is 10.1. The van der Waals surface area contributed by atoms with Crippen LogP contribution in [0.2, 0.25) is 0 Å². The second-order valence-corrected chi connectivity index (χ2v) is 7.94. The summed E-state index contributed by atoms with van der Waals surface area (Å²) in [5.74, 6) is -1.45. The van der Waals surface area contributed by atoms with Crippen molar-refractivity contribution >= 4 is 27.6 Å². The Hall–Kier alpha value is -1.01. The third-order valence-corrected chi connectivity index (χ3v) is 6.18. The molecule has 19 heavy (non-hydrogen) atoms. The van der Waals surface area contributed by atoms with E-state index in [1.54, 1.807) is 13.8 Å². The molecule has 6 heteroatoms. The summed E-state index contributed by atoms with van der Waals surface area (Å²) in [5, 5.41) is 7.69. The summed E-state index contributed by atoms with van der Waals surface area (Å²) >= 11 is 1.42. The van der Waals surface area contributed by atoms with Gasteiger partial charge in [0, 0.05) is 10.6 Å². The number of hydrogen-bond acceptors (Lipinski definition) is 4. The van der Waals surface area contributed by atoms with Gasteiger partial charge in [0.2, 0.25) is 0 Å². The summed E-state index contributed by atoms with van der Waals surface area (Å²) in [6.07, 6.45) is 0. The molecule has 0 saturated heterocycles. The van der Waals surface area contributed by atoms with Crippen molar-refractivity contribution in [3.05, 3.63) is 30.3 Å². The molecule has 0 fully saturated rings. The highest BCUT2D eigenvalue weighted by molar-refractivity contribution is 8.01. The van der Waals surface area contributed by atoms with Crippen molar-refractivity contribution in [3.8, 4) is 0 Å². The first-order chi connectivity index (χ1) is 8.84. The van der Waals surface area contributed by atoms with Crippen LogP contribution in [-0.4, -0.2) is 36.2 Å². The molecule has 1 rings (SSSR count). The van der Waals surface area contributed by atoms with Gasteiger partial charge in [-0.2, -0.15) is 0 Å². The molecule has 0 aliphatic rings. The van der Waals surface area contributed by atoms with Crippen LogP contribution in [0.3, 0.4) is 0 Å². The first-order valence-electron chi connectivity index (χ1n) is 5.97. The van der Waals surface area contributed by atoms with Gasteiger partial charge in [0.25, 0.3) is 0 Å². The number of sulfone groups is 1. The number of hydrogen-bond donors (Lipinski definition) is 1. The lowest BCUT2D eigenvalue weighted by Crippen LogP contribution is -2.37. The van der Waals surface area contributed by atoms with Crippen LogP contribution in [0, 0.1) is 5.92 Å². The van der Waals surface area contributed by atoms with Gasteiger partial charge in [0.1, 0.15) is 0 Å². The summed E-state index contributed by atoms with van der Waals surface area (Å²) in [6.45, 7) is 3.22. The number of carboxylic acid groups (broad SMARTS) is 1. The molecule has 1 aromatic carbocycles. The molecule has 0 saturated carbocycles. The van der Waals surface area contributed by atoms with E-state index >= 15 is 0 Å².